The molecule has 23 heavy (non-hydrogen) atoms. The molecule has 1 aromatic carbocycles. The Labute approximate surface area is 141 Å². The number of fused-ring (bicyclic) bond motifs is 1. The van der Waals surface area contributed by atoms with E-state index >= 15 is 0 Å². The highest BCUT2D eigenvalue weighted by molar-refractivity contribution is 6.30. The van der Waals surface area contributed by atoms with Gasteiger partial charge < -0.3 is 14.7 Å². The Morgan fingerprint density at radius 3 is 2.65 bits per heavy atom. The lowest BCUT2D eigenvalue weighted by molar-refractivity contribution is -0.133. The fourth-order valence-corrected chi connectivity index (χ4v) is 4.41. The third-order valence-corrected chi connectivity index (χ3v) is 6.29. The number of aliphatic hydroxyl groups is 1. The molecular weight excluding hydrogens is 314 g/mol. The normalized spacial score (nSPS) is 31.7. The summed E-state index contributed by atoms with van der Waals surface area (Å²) in [6, 6.07) is 7.66. The van der Waals surface area contributed by atoms with E-state index in [2.05, 4.69) is 0 Å². The van der Waals surface area contributed by atoms with Gasteiger partial charge in [0.2, 0.25) is 5.91 Å². The van der Waals surface area contributed by atoms with E-state index in [1.165, 1.54) is 0 Å². The van der Waals surface area contributed by atoms with Crippen LogP contribution in [0.5, 0.6) is 0 Å². The molecule has 4 nitrogen and oxygen atoms in total. The maximum absolute atomic E-state index is 13.2. The Balaban J connectivity index is 1.57. The van der Waals surface area contributed by atoms with Crippen molar-refractivity contribution >= 4 is 17.5 Å². The van der Waals surface area contributed by atoms with Gasteiger partial charge in [0.15, 0.2) is 0 Å². The number of hydrogen-bond acceptors (Lipinski definition) is 3. The molecule has 0 spiro atoms. The van der Waals surface area contributed by atoms with Crippen molar-refractivity contribution in [3.05, 3.63) is 34.9 Å². The van der Waals surface area contributed by atoms with Crippen LogP contribution in [0.1, 0.15) is 24.8 Å². The van der Waals surface area contributed by atoms with Gasteiger partial charge in [0.1, 0.15) is 0 Å². The van der Waals surface area contributed by atoms with Crippen LogP contribution >= 0.6 is 11.6 Å². The number of amides is 1. The summed E-state index contributed by atoms with van der Waals surface area (Å²) in [5, 5.41) is 10.6. The van der Waals surface area contributed by atoms with Gasteiger partial charge in [0, 0.05) is 36.1 Å². The van der Waals surface area contributed by atoms with E-state index in [0.29, 0.717) is 31.3 Å². The first-order valence-electron chi connectivity index (χ1n) is 8.34. The molecule has 0 radical (unpaired) electrons. The molecule has 0 unspecified atom stereocenters. The summed E-state index contributed by atoms with van der Waals surface area (Å²) in [5.74, 6) is 0.466. The van der Waals surface area contributed by atoms with Crippen molar-refractivity contribution < 1.29 is 14.6 Å². The van der Waals surface area contributed by atoms with Crippen molar-refractivity contribution in [3.8, 4) is 0 Å². The molecule has 4 rings (SSSR count). The largest absolute Gasteiger partial charge is 0.396 e. The van der Waals surface area contributed by atoms with Crippen LogP contribution in [0.15, 0.2) is 24.3 Å². The lowest BCUT2D eigenvalue weighted by Gasteiger charge is -2.36. The number of hydrogen-bond donors (Lipinski definition) is 1. The highest BCUT2D eigenvalue weighted by Crippen LogP contribution is 2.52. The fraction of sp³-hybridized carbons (Fsp3) is 0.611. The van der Waals surface area contributed by atoms with Gasteiger partial charge in [-0.05, 0) is 37.0 Å². The summed E-state index contributed by atoms with van der Waals surface area (Å²) in [6.45, 7) is 2.83. The van der Waals surface area contributed by atoms with Crippen LogP contribution < -0.4 is 0 Å². The number of rotatable bonds is 3. The number of aliphatic hydroxyl groups excluding tert-OH is 1. The van der Waals surface area contributed by atoms with E-state index in [1.807, 2.05) is 29.2 Å². The number of halogens is 1. The van der Waals surface area contributed by atoms with Gasteiger partial charge in [0.25, 0.3) is 0 Å². The van der Waals surface area contributed by atoms with Gasteiger partial charge in [-0.2, -0.15) is 0 Å². The second-order valence-corrected chi connectivity index (χ2v) is 7.75. The van der Waals surface area contributed by atoms with E-state index in [-0.39, 0.29) is 29.3 Å². The third-order valence-electron chi connectivity index (χ3n) is 6.03. The highest BCUT2D eigenvalue weighted by atomic mass is 35.5. The zero-order valence-electron chi connectivity index (χ0n) is 13.1. The molecule has 2 saturated heterocycles. The van der Waals surface area contributed by atoms with Crippen LogP contribution in [0.4, 0.5) is 0 Å². The number of benzene rings is 1. The molecule has 2 heterocycles. The van der Waals surface area contributed by atoms with Crippen molar-refractivity contribution in [2.75, 3.05) is 32.9 Å². The predicted octanol–water partition coefficient (Wildman–Crippen LogP) is 2.23. The summed E-state index contributed by atoms with van der Waals surface area (Å²) in [5.41, 5.74) is 0.538. The molecule has 3 fully saturated rings. The Morgan fingerprint density at radius 2 is 2.04 bits per heavy atom. The lowest BCUT2D eigenvalue weighted by atomic mass is 9.75. The van der Waals surface area contributed by atoms with Crippen LogP contribution in [-0.4, -0.2) is 48.8 Å². The molecule has 124 valence electrons. The monoisotopic (exact) mass is 335 g/mol. The molecule has 1 aliphatic carbocycles. The van der Waals surface area contributed by atoms with Crippen LogP contribution in [0, 0.1) is 11.3 Å². The Kier molecular flexibility index (Phi) is 3.67. The molecule has 5 heteroatoms. The second-order valence-electron chi connectivity index (χ2n) is 7.32. The zero-order chi connectivity index (χ0) is 16.1. The summed E-state index contributed by atoms with van der Waals surface area (Å²) in [7, 11) is 0. The molecule has 1 saturated carbocycles. The van der Waals surface area contributed by atoms with E-state index in [1.54, 1.807) is 0 Å². The number of ether oxygens (including phenoxy) is 1. The third kappa shape index (κ3) is 2.39. The topological polar surface area (TPSA) is 49.8 Å². The molecule has 1 N–H and O–H groups in total. The smallest absolute Gasteiger partial charge is 0.233 e. The molecule has 0 aromatic heterocycles. The van der Waals surface area contributed by atoms with Crippen LogP contribution in [0.2, 0.25) is 5.02 Å². The fourth-order valence-electron chi connectivity index (χ4n) is 4.28. The minimum Gasteiger partial charge on any atom is -0.396 e. The van der Waals surface area contributed by atoms with Crippen molar-refractivity contribution in [3.63, 3.8) is 0 Å². The van der Waals surface area contributed by atoms with E-state index in [0.717, 1.165) is 24.8 Å². The van der Waals surface area contributed by atoms with Gasteiger partial charge in [0.05, 0.1) is 18.6 Å². The van der Waals surface area contributed by atoms with Gasteiger partial charge in [-0.1, -0.05) is 23.7 Å². The average molecular weight is 336 g/mol. The number of likely N-dealkylation sites (tertiary alicyclic amines) is 1. The van der Waals surface area contributed by atoms with Crippen LogP contribution in [0.25, 0.3) is 0 Å². The summed E-state index contributed by atoms with van der Waals surface area (Å²) in [4.78, 5) is 15.2. The van der Waals surface area contributed by atoms with Gasteiger partial charge in [-0.15, -0.1) is 0 Å². The Hall–Kier alpha value is -1.10. The molecule has 2 atom stereocenters. The first-order valence-corrected chi connectivity index (χ1v) is 8.72. The predicted molar refractivity (Wildman–Crippen MR) is 87.4 cm³/mol. The molecule has 1 aromatic rings. The summed E-state index contributed by atoms with van der Waals surface area (Å²) >= 11 is 5.97. The van der Waals surface area contributed by atoms with Crippen molar-refractivity contribution in [2.24, 2.45) is 11.3 Å². The Morgan fingerprint density at radius 1 is 1.30 bits per heavy atom. The SMILES string of the molecule is O=C(N1C[C@@H]2COCC[C@]2(CO)C1)C1(c2ccc(Cl)cc2)CC1. The van der Waals surface area contributed by atoms with Gasteiger partial charge in [-0.25, -0.2) is 0 Å². The van der Waals surface area contributed by atoms with E-state index in [9.17, 15) is 9.90 Å². The van der Waals surface area contributed by atoms with E-state index < -0.39 is 0 Å². The zero-order valence-corrected chi connectivity index (χ0v) is 13.9. The summed E-state index contributed by atoms with van der Waals surface area (Å²) < 4.78 is 5.57. The van der Waals surface area contributed by atoms with Gasteiger partial charge in [-0.3, -0.25) is 4.79 Å². The first-order chi connectivity index (χ1) is 11.1. The molecule has 0 bridgehead atoms. The molecule has 2 aliphatic heterocycles. The maximum Gasteiger partial charge on any atom is 0.233 e. The molecular formula is C18H22ClNO3. The lowest BCUT2D eigenvalue weighted by Crippen LogP contribution is -2.42. The average Bonchev–Trinajstić information content (AvgIpc) is 3.29. The minimum absolute atomic E-state index is 0.138. The Bertz CT molecular complexity index is 613. The van der Waals surface area contributed by atoms with Gasteiger partial charge >= 0.3 is 0 Å². The first kappa shape index (κ1) is 15.4. The van der Waals surface area contributed by atoms with Crippen molar-refractivity contribution in [1.29, 1.82) is 0 Å². The molecule has 1 amide bonds. The molecule has 3 aliphatic rings. The van der Waals surface area contributed by atoms with Crippen LogP contribution in [0.3, 0.4) is 0 Å². The summed E-state index contributed by atoms with van der Waals surface area (Å²) in [6.07, 6.45) is 2.64. The highest BCUT2D eigenvalue weighted by Gasteiger charge is 2.57. The maximum atomic E-state index is 13.2. The quantitative estimate of drug-likeness (QED) is 0.921. The van der Waals surface area contributed by atoms with Crippen molar-refractivity contribution in [1.82, 2.24) is 4.90 Å². The minimum atomic E-state index is -0.365. The number of carbonyl (C=O) groups is 1. The van der Waals surface area contributed by atoms with Crippen molar-refractivity contribution in [2.45, 2.75) is 24.7 Å². The standard InChI is InChI=1S/C18H22ClNO3/c19-15-3-1-13(2-4-15)18(5-6-18)16(22)20-9-14-10-23-8-7-17(14,11-20)12-21/h1-4,14,21H,5-12H2/t14-,17-/m1/s1. The van der Waals surface area contributed by atoms with Crippen LogP contribution in [-0.2, 0) is 14.9 Å². The number of nitrogens with zero attached hydrogens (tertiary/aromatic N) is 1. The van der Waals surface area contributed by atoms with E-state index in [4.69, 9.17) is 16.3 Å². The number of carbonyl (C=O) groups excluding carboxylic acids is 1. The second kappa shape index (κ2) is 5.47.